The van der Waals surface area contributed by atoms with Gasteiger partial charge < -0.3 is 10.5 Å². The summed E-state index contributed by atoms with van der Waals surface area (Å²) in [4.78, 5) is 2.54. The molecule has 1 aromatic carbocycles. The zero-order chi connectivity index (χ0) is 15.7. The first-order valence-electron chi connectivity index (χ1n) is 8.03. The second kappa shape index (κ2) is 5.98. The minimum Gasteiger partial charge on any atom is -0.398 e. The van der Waals surface area contributed by atoms with Crippen LogP contribution in [0.5, 0.6) is 0 Å². The highest BCUT2D eigenvalue weighted by Gasteiger charge is 2.48. The molecule has 0 aliphatic carbocycles. The molecule has 1 atom stereocenters. The maximum Gasteiger partial charge on any atom is 0.0789 e. The number of hydrogen-bond donors (Lipinski definition) is 1. The predicted octanol–water partition coefficient (Wildman–Crippen LogP) is 3.83. The lowest BCUT2D eigenvalue weighted by Crippen LogP contribution is -2.46. The summed E-state index contributed by atoms with van der Waals surface area (Å²) in [6, 6.07) is 8.60. The summed E-state index contributed by atoms with van der Waals surface area (Å²) in [5.74, 6) is 0. The fraction of sp³-hybridized carbons (Fsp3) is 0.667. The van der Waals surface area contributed by atoms with E-state index in [-0.39, 0.29) is 11.2 Å². The van der Waals surface area contributed by atoms with Crippen molar-refractivity contribution < 1.29 is 4.74 Å². The Kier molecular flexibility index (Phi) is 4.64. The summed E-state index contributed by atoms with van der Waals surface area (Å²) in [6.45, 7) is 13.0. The fourth-order valence-corrected chi connectivity index (χ4v) is 3.63. The van der Waals surface area contributed by atoms with Crippen LogP contribution in [0, 0.1) is 0 Å². The van der Waals surface area contributed by atoms with Crippen LogP contribution < -0.4 is 5.73 Å². The first kappa shape index (κ1) is 16.3. The van der Waals surface area contributed by atoms with Crippen molar-refractivity contribution in [2.75, 3.05) is 12.3 Å². The van der Waals surface area contributed by atoms with Crippen molar-refractivity contribution in [2.24, 2.45) is 0 Å². The smallest absolute Gasteiger partial charge is 0.0789 e. The van der Waals surface area contributed by atoms with Crippen molar-refractivity contribution in [3.8, 4) is 0 Å². The lowest BCUT2D eigenvalue weighted by molar-refractivity contribution is -0.0812. The molecule has 0 aromatic heterocycles. The molecule has 1 fully saturated rings. The van der Waals surface area contributed by atoms with E-state index >= 15 is 0 Å². The second-order valence-electron chi connectivity index (χ2n) is 7.35. The second-order valence-corrected chi connectivity index (χ2v) is 7.35. The quantitative estimate of drug-likeness (QED) is 0.838. The summed E-state index contributed by atoms with van der Waals surface area (Å²) in [5, 5.41) is 0. The van der Waals surface area contributed by atoms with E-state index in [4.69, 9.17) is 10.5 Å². The standard InChI is InChI=1S/C18H30N2O/c1-6-11-20(13-14-9-7-8-10-15(14)19)16-12-17(2,3)21-18(16,4)5/h7-10,16H,6,11-13,19H2,1-5H3. The molecule has 0 radical (unpaired) electrons. The molecule has 118 valence electrons. The average molecular weight is 290 g/mol. The summed E-state index contributed by atoms with van der Waals surface area (Å²) < 4.78 is 6.27. The van der Waals surface area contributed by atoms with Crippen LogP contribution in [0.25, 0.3) is 0 Å². The van der Waals surface area contributed by atoms with Crippen LogP contribution in [0.1, 0.15) is 53.0 Å². The molecule has 2 N–H and O–H groups in total. The van der Waals surface area contributed by atoms with Gasteiger partial charge in [-0.2, -0.15) is 0 Å². The van der Waals surface area contributed by atoms with Crippen LogP contribution >= 0.6 is 0 Å². The van der Waals surface area contributed by atoms with Gasteiger partial charge in [-0.15, -0.1) is 0 Å². The van der Waals surface area contributed by atoms with Crippen molar-refractivity contribution in [3.63, 3.8) is 0 Å². The molecule has 1 heterocycles. The highest BCUT2D eigenvalue weighted by molar-refractivity contribution is 5.46. The van der Waals surface area contributed by atoms with Gasteiger partial charge in [0.25, 0.3) is 0 Å². The van der Waals surface area contributed by atoms with Gasteiger partial charge in [0.15, 0.2) is 0 Å². The Morgan fingerprint density at radius 3 is 2.43 bits per heavy atom. The van der Waals surface area contributed by atoms with Gasteiger partial charge >= 0.3 is 0 Å². The minimum absolute atomic E-state index is 0.0532. The van der Waals surface area contributed by atoms with E-state index in [2.05, 4.69) is 51.7 Å². The maximum absolute atomic E-state index is 6.27. The molecule has 1 aliphatic rings. The largest absolute Gasteiger partial charge is 0.398 e. The molecule has 21 heavy (non-hydrogen) atoms. The van der Waals surface area contributed by atoms with Crippen molar-refractivity contribution in [1.29, 1.82) is 0 Å². The molecule has 1 unspecified atom stereocenters. The van der Waals surface area contributed by atoms with Gasteiger partial charge in [0.2, 0.25) is 0 Å². The van der Waals surface area contributed by atoms with Crippen molar-refractivity contribution in [3.05, 3.63) is 29.8 Å². The van der Waals surface area contributed by atoms with Gasteiger partial charge in [0, 0.05) is 18.3 Å². The molecule has 0 bridgehead atoms. The number of ether oxygens (including phenoxy) is 1. The fourth-order valence-electron chi connectivity index (χ4n) is 3.63. The summed E-state index contributed by atoms with van der Waals surface area (Å²) in [6.07, 6.45) is 2.20. The number of nitrogen functional groups attached to an aromatic ring is 1. The average Bonchev–Trinajstić information content (AvgIpc) is 2.59. The van der Waals surface area contributed by atoms with Crippen LogP contribution in [0.15, 0.2) is 24.3 Å². The summed E-state index contributed by atoms with van der Waals surface area (Å²) in [5.41, 5.74) is 8.05. The number of nitrogens with zero attached hydrogens (tertiary/aromatic N) is 1. The summed E-state index contributed by atoms with van der Waals surface area (Å²) in [7, 11) is 0. The van der Waals surface area contributed by atoms with Crippen LogP contribution in [0.4, 0.5) is 5.69 Å². The van der Waals surface area contributed by atoms with Gasteiger partial charge in [0.1, 0.15) is 0 Å². The molecule has 3 nitrogen and oxygen atoms in total. The topological polar surface area (TPSA) is 38.5 Å². The Balaban J connectivity index is 2.21. The van der Waals surface area contributed by atoms with Gasteiger partial charge in [-0.25, -0.2) is 0 Å². The van der Waals surface area contributed by atoms with Gasteiger partial charge in [-0.3, -0.25) is 4.90 Å². The van der Waals surface area contributed by atoms with E-state index < -0.39 is 0 Å². The highest BCUT2D eigenvalue weighted by Crippen LogP contribution is 2.40. The number of nitrogens with two attached hydrogens (primary N) is 1. The number of benzene rings is 1. The third-order valence-electron chi connectivity index (χ3n) is 4.41. The Morgan fingerprint density at radius 2 is 1.90 bits per heavy atom. The summed E-state index contributed by atoms with van der Waals surface area (Å²) >= 11 is 0. The van der Waals surface area contributed by atoms with E-state index in [1.165, 1.54) is 5.56 Å². The van der Waals surface area contributed by atoms with E-state index in [0.29, 0.717) is 6.04 Å². The lowest BCUT2D eigenvalue weighted by atomic mass is 9.92. The van der Waals surface area contributed by atoms with Gasteiger partial charge in [-0.1, -0.05) is 25.1 Å². The van der Waals surface area contributed by atoms with Gasteiger partial charge in [-0.05, 0) is 58.7 Å². The highest BCUT2D eigenvalue weighted by atomic mass is 16.5. The molecule has 1 aliphatic heterocycles. The van der Waals surface area contributed by atoms with E-state index in [1.54, 1.807) is 0 Å². The van der Waals surface area contributed by atoms with Crippen LogP contribution in [0.2, 0.25) is 0 Å². The third-order valence-corrected chi connectivity index (χ3v) is 4.41. The third kappa shape index (κ3) is 3.78. The molecule has 1 saturated heterocycles. The maximum atomic E-state index is 6.27. The first-order chi connectivity index (χ1) is 9.75. The lowest BCUT2D eigenvalue weighted by Gasteiger charge is -2.36. The Bertz CT molecular complexity index is 482. The molecule has 0 amide bonds. The van der Waals surface area contributed by atoms with Crippen molar-refractivity contribution in [2.45, 2.75) is 71.2 Å². The SMILES string of the molecule is CCCN(Cc1ccccc1N)C1CC(C)(C)OC1(C)C. The monoisotopic (exact) mass is 290 g/mol. The zero-order valence-electron chi connectivity index (χ0n) is 14.1. The van der Waals surface area contributed by atoms with Crippen LogP contribution in [-0.4, -0.2) is 28.7 Å². The molecule has 0 saturated carbocycles. The van der Waals surface area contributed by atoms with Crippen molar-refractivity contribution in [1.82, 2.24) is 4.90 Å². The molecular weight excluding hydrogens is 260 g/mol. The van der Waals surface area contributed by atoms with Crippen LogP contribution in [0.3, 0.4) is 0 Å². The zero-order valence-corrected chi connectivity index (χ0v) is 14.1. The number of para-hydroxylation sites is 1. The number of anilines is 1. The van der Waals surface area contributed by atoms with Gasteiger partial charge in [0.05, 0.1) is 11.2 Å². The first-order valence-corrected chi connectivity index (χ1v) is 8.03. The van der Waals surface area contributed by atoms with Crippen molar-refractivity contribution >= 4 is 5.69 Å². The number of rotatable bonds is 5. The van der Waals surface area contributed by atoms with Crippen LogP contribution in [-0.2, 0) is 11.3 Å². The number of hydrogen-bond acceptors (Lipinski definition) is 3. The molecule has 3 heteroatoms. The van der Waals surface area contributed by atoms with E-state index in [9.17, 15) is 0 Å². The van der Waals surface area contributed by atoms with E-state index in [0.717, 1.165) is 31.6 Å². The molecule has 1 aromatic rings. The minimum atomic E-state index is -0.123. The molecular formula is C18H30N2O. The Morgan fingerprint density at radius 1 is 1.24 bits per heavy atom. The normalized spacial score (nSPS) is 23.6. The Hall–Kier alpha value is -1.06. The predicted molar refractivity (Wildman–Crippen MR) is 89.2 cm³/mol. The Labute approximate surface area is 129 Å². The molecule has 0 spiro atoms. The molecule has 2 rings (SSSR count). The van der Waals surface area contributed by atoms with E-state index in [1.807, 2.05) is 12.1 Å².